The van der Waals surface area contributed by atoms with Gasteiger partial charge >= 0.3 is 0 Å². The summed E-state index contributed by atoms with van der Waals surface area (Å²) >= 11 is 0. The van der Waals surface area contributed by atoms with Crippen LogP contribution in [0.4, 0.5) is 0 Å². The Kier molecular flexibility index (Phi) is 6.26. The van der Waals surface area contributed by atoms with Gasteiger partial charge in [-0.15, -0.1) is 0 Å². The molecule has 0 spiro atoms. The van der Waals surface area contributed by atoms with Gasteiger partial charge in [0.2, 0.25) is 0 Å². The maximum absolute atomic E-state index is 11.0. The molecule has 0 bridgehead atoms. The summed E-state index contributed by atoms with van der Waals surface area (Å²) in [6.45, 7) is 11.7. The zero-order valence-electron chi connectivity index (χ0n) is 20.4. The van der Waals surface area contributed by atoms with Crippen LogP contribution in [0.5, 0.6) is 0 Å². The van der Waals surface area contributed by atoms with Crippen LogP contribution in [-0.2, 0) is 0 Å². The Morgan fingerprint density at radius 1 is 0.967 bits per heavy atom. The average molecular weight is 417 g/mol. The normalized spacial score (nSPS) is 50.6. The summed E-state index contributed by atoms with van der Waals surface area (Å²) in [6, 6.07) is 0. The van der Waals surface area contributed by atoms with Crippen molar-refractivity contribution in [3.63, 3.8) is 0 Å². The van der Waals surface area contributed by atoms with Crippen LogP contribution in [0.25, 0.3) is 0 Å². The van der Waals surface area contributed by atoms with Crippen molar-refractivity contribution in [1.82, 2.24) is 0 Å². The molecule has 4 rings (SSSR count). The Hall–Kier alpha value is -0.340. The Morgan fingerprint density at radius 3 is 2.40 bits per heavy atom. The highest BCUT2D eigenvalue weighted by atomic mass is 16.3. The molecule has 0 aromatic heterocycles. The van der Waals surface area contributed by atoms with Crippen LogP contribution in [0.2, 0.25) is 0 Å². The Morgan fingerprint density at radius 2 is 1.70 bits per heavy atom. The fraction of sp³-hybridized carbons (Fsp3) is 0.929. The molecule has 0 amide bonds. The molecule has 4 fully saturated rings. The lowest BCUT2D eigenvalue weighted by Crippen LogP contribution is -2.56. The van der Waals surface area contributed by atoms with Gasteiger partial charge in [0, 0.05) is 0 Å². The summed E-state index contributed by atoms with van der Waals surface area (Å²) in [4.78, 5) is 0. The van der Waals surface area contributed by atoms with E-state index in [4.69, 9.17) is 0 Å². The smallest absolute Gasteiger partial charge is 0.0648 e. The monoisotopic (exact) mass is 416 g/mol. The number of fused-ring (bicyclic) bond motifs is 5. The fourth-order valence-corrected chi connectivity index (χ4v) is 9.31. The van der Waals surface area contributed by atoms with Crippen molar-refractivity contribution < 1.29 is 10.2 Å². The van der Waals surface area contributed by atoms with Gasteiger partial charge in [0.15, 0.2) is 0 Å². The van der Waals surface area contributed by atoms with Gasteiger partial charge in [0.1, 0.15) is 0 Å². The van der Waals surface area contributed by atoms with Crippen molar-refractivity contribution in [2.45, 2.75) is 117 Å². The fourth-order valence-electron chi connectivity index (χ4n) is 9.31. The topological polar surface area (TPSA) is 40.5 Å². The molecule has 2 N–H and O–H groups in total. The van der Waals surface area contributed by atoms with Gasteiger partial charge in [-0.3, -0.25) is 0 Å². The lowest BCUT2D eigenvalue weighted by Gasteiger charge is -2.62. The van der Waals surface area contributed by atoms with E-state index in [1.807, 2.05) is 0 Å². The van der Waals surface area contributed by atoms with Crippen LogP contribution in [0.15, 0.2) is 12.2 Å². The molecule has 0 aromatic rings. The van der Waals surface area contributed by atoms with Crippen molar-refractivity contribution in [2.75, 3.05) is 0 Å². The van der Waals surface area contributed by atoms with E-state index in [2.05, 4.69) is 46.8 Å². The number of hydrogen-bond donors (Lipinski definition) is 2. The molecule has 30 heavy (non-hydrogen) atoms. The van der Waals surface area contributed by atoms with Crippen LogP contribution in [0, 0.1) is 46.3 Å². The van der Waals surface area contributed by atoms with Crippen LogP contribution in [0.1, 0.15) is 105 Å². The van der Waals surface area contributed by atoms with E-state index in [-0.39, 0.29) is 6.10 Å². The molecular weight excluding hydrogens is 368 g/mol. The summed E-state index contributed by atoms with van der Waals surface area (Å²) < 4.78 is 0. The average Bonchev–Trinajstić information content (AvgIpc) is 3.09. The van der Waals surface area contributed by atoms with Gasteiger partial charge in [0.25, 0.3) is 0 Å². The minimum Gasteiger partial charge on any atom is -0.393 e. The second-order valence-electron chi connectivity index (χ2n) is 12.4. The highest BCUT2D eigenvalue weighted by molar-refractivity contribution is 5.11. The summed E-state index contributed by atoms with van der Waals surface area (Å²) in [5, 5.41) is 21.8. The third kappa shape index (κ3) is 3.53. The van der Waals surface area contributed by atoms with Crippen molar-refractivity contribution >= 4 is 0 Å². The Labute approximate surface area is 185 Å². The highest BCUT2D eigenvalue weighted by Crippen LogP contribution is 2.69. The van der Waals surface area contributed by atoms with Gasteiger partial charge in [-0.05, 0) is 124 Å². The maximum atomic E-state index is 11.0. The summed E-state index contributed by atoms with van der Waals surface area (Å²) in [5.74, 6) is 4.38. The molecule has 0 saturated heterocycles. The first-order valence-corrected chi connectivity index (χ1v) is 13.2. The second kappa shape index (κ2) is 8.22. The largest absolute Gasteiger partial charge is 0.393 e. The van der Waals surface area contributed by atoms with E-state index in [0.29, 0.717) is 22.7 Å². The molecule has 10 atom stereocenters. The molecule has 4 aliphatic rings. The zero-order valence-corrected chi connectivity index (χ0v) is 20.4. The maximum Gasteiger partial charge on any atom is 0.0648 e. The molecule has 0 radical (unpaired) electrons. The molecule has 172 valence electrons. The molecular formula is C28H48O2. The first-order valence-electron chi connectivity index (χ1n) is 13.2. The van der Waals surface area contributed by atoms with Crippen LogP contribution in [0.3, 0.4) is 0 Å². The van der Waals surface area contributed by atoms with E-state index < -0.39 is 5.60 Å². The van der Waals surface area contributed by atoms with Gasteiger partial charge in [0.05, 0.1) is 11.7 Å². The van der Waals surface area contributed by atoms with E-state index >= 15 is 0 Å². The third-order valence-corrected chi connectivity index (χ3v) is 11.4. The standard InChI is InChI=1S/C28H48O2/c1-6-8-9-25(29)19(3)22-12-13-23-21-11-10-20-18-28(30,7-2)17-16-26(20,4)24(21)14-15-27(22,23)5/h6,8,19-25,29-30H,7,9-18H2,1-5H3/b8-6+/t19-,20-,21?,22+,23-,24-,25-,26-,27+,28-/m0/s1. The quantitative estimate of drug-likeness (QED) is 0.487. The number of hydrogen-bond acceptors (Lipinski definition) is 2. The minimum atomic E-state index is -0.392. The van der Waals surface area contributed by atoms with Crippen LogP contribution < -0.4 is 0 Å². The molecule has 1 unspecified atom stereocenters. The number of allylic oxidation sites excluding steroid dienone is 1. The van der Waals surface area contributed by atoms with Crippen molar-refractivity contribution in [3.8, 4) is 0 Å². The van der Waals surface area contributed by atoms with Crippen molar-refractivity contribution in [3.05, 3.63) is 12.2 Å². The number of aliphatic hydroxyl groups excluding tert-OH is 1. The first-order chi connectivity index (χ1) is 14.2. The van der Waals surface area contributed by atoms with Crippen LogP contribution in [-0.4, -0.2) is 21.9 Å². The lowest BCUT2D eigenvalue weighted by molar-refractivity contribution is -0.154. The van der Waals surface area contributed by atoms with Gasteiger partial charge in [-0.25, -0.2) is 0 Å². The predicted molar refractivity (Wildman–Crippen MR) is 125 cm³/mol. The van der Waals surface area contributed by atoms with E-state index in [0.717, 1.165) is 49.4 Å². The third-order valence-electron chi connectivity index (χ3n) is 11.4. The predicted octanol–water partition coefficient (Wildman–Crippen LogP) is 6.75. The Balaban J connectivity index is 1.51. The molecule has 0 aromatic carbocycles. The molecule has 2 heteroatoms. The second-order valence-corrected chi connectivity index (χ2v) is 12.4. The molecule has 2 nitrogen and oxygen atoms in total. The molecule has 0 aliphatic heterocycles. The molecule has 4 saturated carbocycles. The summed E-state index contributed by atoms with van der Waals surface area (Å²) in [6.07, 6.45) is 17.2. The van der Waals surface area contributed by atoms with Crippen molar-refractivity contribution in [2.24, 2.45) is 46.3 Å². The summed E-state index contributed by atoms with van der Waals surface area (Å²) in [7, 11) is 0. The number of rotatable bonds is 5. The van der Waals surface area contributed by atoms with Crippen molar-refractivity contribution in [1.29, 1.82) is 0 Å². The lowest BCUT2D eigenvalue weighted by atomic mass is 9.43. The Bertz CT molecular complexity index is 643. The highest BCUT2D eigenvalue weighted by Gasteiger charge is 2.61. The van der Waals surface area contributed by atoms with Gasteiger partial charge in [-0.2, -0.15) is 0 Å². The molecule has 4 aliphatic carbocycles. The number of aliphatic hydroxyl groups is 2. The van der Waals surface area contributed by atoms with E-state index in [1.54, 1.807) is 0 Å². The zero-order chi connectivity index (χ0) is 21.7. The minimum absolute atomic E-state index is 0.196. The van der Waals surface area contributed by atoms with E-state index in [9.17, 15) is 10.2 Å². The van der Waals surface area contributed by atoms with E-state index in [1.165, 1.54) is 44.9 Å². The SMILES string of the molecule is C/C=C/C[C@H](O)[C@@H](C)[C@H]1CC[C@H]2C3CC[C@H]4C[C@](O)(CC)CC[C@]4(C)[C@H]3CC[C@]12C. The summed E-state index contributed by atoms with van der Waals surface area (Å²) in [5.41, 5.74) is 0.470. The van der Waals surface area contributed by atoms with Crippen LogP contribution >= 0.6 is 0 Å². The molecule has 0 heterocycles. The van der Waals surface area contributed by atoms with Gasteiger partial charge < -0.3 is 10.2 Å². The van der Waals surface area contributed by atoms with Gasteiger partial charge in [-0.1, -0.05) is 39.8 Å². The first kappa shape index (κ1) is 22.8.